The van der Waals surface area contributed by atoms with E-state index in [1.165, 1.54) is 36.5 Å². The molecule has 33 nitrogen and oxygen atoms in total. The third-order valence-electron chi connectivity index (χ3n) is 18.0. The summed E-state index contributed by atoms with van der Waals surface area (Å²) in [6.45, 7) is 4.43. The van der Waals surface area contributed by atoms with Crippen LogP contribution in [0.4, 0.5) is 5.69 Å². The molecule has 0 bridgehead atoms. The van der Waals surface area contributed by atoms with Crippen molar-refractivity contribution in [2.75, 3.05) is 64.0 Å². The Kier molecular flexibility index (Phi) is 26.7. The van der Waals surface area contributed by atoms with Crippen molar-refractivity contribution in [3.63, 3.8) is 0 Å². The fourth-order valence-electron chi connectivity index (χ4n) is 12.4. The average molecular weight is 1420 g/mol. The standard InChI is InChI=1S/C64H86N12O21S2/c1-4-5-22-94-43-17-20-73(21-18-43)40-13-11-38(12-14-40)61-72-76-30-45(68-64(76)98-61)36-7-9-37(10-8-36)56(86)67-44-25-41(80)27-66-60(90)54-55(85)33(2)28-75(54)63(92)53(48(83)16-19-65-39(31-77)32-78)71-59(89)52(49(84)23-35-6-15-47(82)50(24-35)95-99-97-96-93)70-58(88)46-26-42(81)29-74(46)62(91)51(34(3)79)69-57(44)87/h6-15,24,30,33-34,39,41-44,46,48-49,51-55,65,77-85,93H,4-5,16-23,25-29,31-32H2,1-3H3,(H,66,90)(H,67,86)(H,69,87)(H,70,88)(H,71,89)/t33-,34+,41+,42+,44-,46-,48+,49+,51-,52-,53-,54-,55-/m0/s1. The van der Waals surface area contributed by atoms with Crippen molar-refractivity contribution in [3.05, 3.63) is 84.1 Å². The van der Waals surface area contributed by atoms with E-state index in [1.807, 2.05) is 12.1 Å². The molecular weight excluding hydrogens is 1340 g/mol. The highest BCUT2D eigenvalue weighted by molar-refractivity contribution is 7.90. The number of piperidine rings is 1. The van der Waals surface area contributed by atoms with Gasteiger partial charge in [-0.3, -0.25) is 33.6 Å². The fourth-order valence-corrected chi connectivity index (χ4v) is 13.5. The van der Waals surface area contributed by atoms with E-state index in [4.69, 9.17) is 24.3 Å². The highest BCUT2D eigenvalue weighted by Crippen LogP contribution is 2.34. The van der Waals surface area contributed by atoms with E-state index >= 15 is 0 Å². The molecule has 7 amide bonds. The number of β-amino-alcohol motifs (C(OH)–C–C–N with tert-alkyl or cyclic N) is 1. The highest BCUT2D eigenvalue weighted by Gasteiger charge is 2.50. The van der Waals surface area contributed by atoms with E-state index in [-0.39, 0.29) is 48.4 Å². The van der Waals surface area contributed by atoms with Crippen LogP contribution in [0.1, 0.15) is 81.6 Å². The van der Waals surface area contributed by atoms with Crippen LogP contribution < -0.4 is 41.0 Å². The first-order valence-electron chi connectivity index (χ1n) is 32.7. The van der Waals surface area contributed by atoms with Crippen molar-refractivity contribution in [3.8, 4) is 33.3 Å². The number of aliphatic hydroxyl groups excluding tert-OH is 8. The van der Waals surface area contributed by atoms with Gasteiger partial charge in [0.05, 0.1) is 73.9 Å². The van der Waals surface area contributed by atoms with Crippen LogP contribution in [0.3, 0.4) is 0 Å². The van der Waals surface area contributed by atoms with E-state index in [9.17, 15) is 79.5 Å². The third kappa shape index (κ3) is 19.0. The summed E-state index contributed by atoms with van der Waals surface area (Å²) in [5.41, 5.74) is 3.28. The second-order valence-corrected chi connectivity index (χ2v) is 26.6. The summed E-state index contributed by atoms with van der Waals surface area (Å²) in [7, 11) is 0. The highest BCUT2D eigenvalue weighted by atomic mass is 32.2. The molecule has 6 heterocycles. The molecule has 4 aliphatic heterocycles. The molecule has 35 heteroatoms. The van der Waals surface area contributed by atoms with Crippen molar-refractivity contribution >= 4 is 75.7 Å². The summed E-state index contributed by atoms with van der Waals surface area (Å²) in [6.07, 6.45) is -6.56. The number of imidazole rings is 1. The zero-order valence-corrected chi connectivity index (χ0v) is 56.2. The number of aromatic nitrogens is 3. The van der Waals surface area contributed by atoms with Gasteiger partial charge in [0, 0.05) is 86.9 Å². The van der Waals surface area contributed by atoms with E-state index in [1.54, 1.807) is 22.8 Å². The number of rotatable bonds is 24. The zero-order valence-electron chi connectivity index (χ0n) is 54.6. The summed E-state index contributed by atoms with van der Waals surface area (Å²) in [5, 5.41) is 132. The summed E-state index contributed by atoms with van der Waals surface area (Å²) in [6, 6.07) is 5.60. The van der Waals surface area contributed by atoms with Gasteiger partial charge in [0.15, 0.2) is 11.5 Å². The maximum absolute atomic E-state index is 15.0. The predicted octanol–water partition coefficient (Wildman–Crippen LogP) is -1.74. The maximum Gasteiger partial charge on any atom is 0.261 e. The van der Waals surface area contributed by atoms with Crippen LogP contribution in [-0.4, -0.2) is 261 Å². The molecule has 9 rings (SSSR count). The Morgan fingerprint density at radius 2 is 1.49 bits per heavy atom. The lowest BCUT2D eigenvalue weighted by Gasteiger charge is -2.34. The van der Waals surface area contributed by atoms with Gasteiger partial charge < -0.3 is 101 Å². The van der Waals surface area contributed by atoms with Crippen LogP contribution in [0.2, 0.25) is 0 Å². The average Bonchev–Trinajstić information content (AvgIpc) is 1.67. The van der Waals surface area contributed by atoms with Crippen molar-refractivity contribution in [1.82, 2.24) is 56.3 Å². The summed E-state index contributed by atoms with van der Waals surface area (Å²) < 4.78 is 17.1. The Morgan fingerprint density at radius 1 is 0.808 bits per heavy atom. The number of nitrogens with one attached hydrogen (secondary N) is 6. The maximum atomic E-state index is 15.0. The van der Waals surface area contributed by atoms with Gasteiger partial charge in [-0.1, -0.05) is 59.2 Å². The molecule has 4 saturated heterocycles. The normalized spacial score (nSPS) is 25.1. The van der Waals surface area contributed by atoms with Gasteiger partial charge in [-0.2, -0.15) is 5.10 Å². The number of anilines is 1. The number of phenolic OH excluding ortho intramolecular Hbond substituents is 1. The molecule has 0 spiro atoms. The Hall–Kier alpha value is -7.72. The van der Waals surface area contributed by atoms with Crippen molar-refractivity contribution < 1.29 is 103 Å². The molecule has 2 aromatic heterocycles. The monoisotopic (exact) mass is 1420 g/mol. The fraction of sp³-hybridized carbons (Fsp3) is 0.547. The first-order chi connectivity index (χ1) is 47.5. The first-order valence-corrected chi connectivity index (χ1v) is 34.2. The number of fused-ring (bicyclic) bond motifs is 3. The Bertz CT molecular complexity index is 3530. The Labute approximate surface area is 577 Å². The SMILES string of the molecule is CCCCOC1CCN(c2ccc(-c3nn4cc(-c5ccc(C(=O)N[C@H]6C[C@@H](O)CNC(=O)[C@@H]7[C@@H](O)[C@@H](C)CN7C(=O)[C@H]([C@H](O)CCNC(CO)CO)NC(=O)[C@H]([C@H](O)Cc7ccc(O)c(OSOOO)c7)NC(=O)[C@@H]7C[C@@H](O)CN7C(=O)[C@H]([C@@H](C)O)NC6=O)cc5)nc4s3)cc2)CC1. The van der Waals surface area contributed by atoms with Crippen LogP contribution in [0.25, 0.3) is 26.8 Å². The molecule has 4 aliphatic rings. The van der Waals surface area contributed by atoms with Gasteiger partial charge in [-0.25, -0.2) is 14.8 Å². The molecule has 540 valence electrons. The van der Waals surface area contributed by atoms with E-state index in [0.717, 1.165) is 90.5 Å². The van der Waals surface area contributed by atoms with Crippen LogP contribution >= 0.6 is 23.7 Å². The summed E-state index contributed by atoms with van der Waals surface area (Å²) in [4.78, 5) is 112. The number of amides is 7. The minimum Gasteiger partial charge on any atom is -0.504 e. The number of carbonyl (C=O) groups is 7. The number of benzene rings is 3. The van der Waals surface area contributed by atoms with Crippen LogP contribution in [0.5, 0.6) is 11.5 Å². The molecule has 4 fully saturated rings. The number of aliphatic hydroxyl groups is 8. The van der Waals surface area contributed by atoms with Gasteiger partial charge >= 0.3 is 0 Å². The topological polar surface area (TPSA) is 471 Å². The lowest BCUT2D eigenvalue weighted by atomic mass is 9.98. The summed E-state index contributed by atoms with van der Waals surface area (Å²) in [5.74, 6) is -9.62. The number of unbranched alkanes of at least 4 members (excludes halogenated alkanes) is 1. The van der Waals surface area contributed by atoms with Crippen LogP contribution in [0, 0.1) is 5.92 Å². The van der Waals surface area contributed by atoms with Gasteiger partial charge in [0.25, 0.3) is 18.2 Å². The van der Waals surface area contributed by atoms with E-state index in [2.05, 4.69) is 65.2 Å². The van der Waals surface area contributed by atoms with Crippen LogP contribution in [-0.2, 0) is 49.3 Å². The lowest BCUT2D eigenvalue weighted by Crippen LogP contribution is -2.64. The number of nitrogens with zero attached hydrogens (tertiary/aromatic N) is 6. The molecule has 16 N–H and O–H groups in total. The van der Waals surface area contributed by atoms with Crippen molar-refractivity contribution in [2.45, 2.75) is 157 Å². The number of hydrogen-bond donors (Lipinski definition) is 16. The van der Waals surface area contributed by atoms with Crippen molar-refractivity contribution in [1.29, 1.82) is 0 Å². The van der Waals surface area contributed by atoms with Gasteiger partial charge in [0.1, 0.15) is 41.3 Å². The molecule has 0 aliphatic carbocycles. The van der Waals surface area contributed by atoms with Gasteiger partial charge in [-0.15, -0.1) is 0 Å². The van der Waals surface area contributed by atoms with E-state index in [0.29, 0.717) is 16.2 Å². The molecule has 0 unspecified atom stereocenters. The first kappa shape index (κ1) is 75.5. The van der Waals surface area contributed by atoms with Gasteiger partial charge in [-0.05, 0) is 93.2 Å². The quantitative estimate of drug-likeness (QED) is 0.0141. The molecule has 5 aromatic rings. The summed E-state index contributed by atoms with van der Waals surface area (Å²) >= 11 is 1.46. The Balaban J connectivity index is 0.968. The zero-order chi connectivity index (χ0) is 71.2. The molecule has 3 aromatic carbocycles. The second kappa shape index (κ2) is 35.1. The lowest BCUT2D eigenvalue weighted by molar-refractivity contribution is -0.433. The number of aromatic hydroxyl groups is 1. The smallest absolute Gasteiger partial charge is 0.261 e. The van der Waals surface area contributed by atoms with Gasteiger partial charge in [0.2, 0.25) is 40.4 Å². The molecular formula is C64H86N12O21S2. The molecule has 13 atom stereocenters. The second-order valence-electron chi connectivity index (χ2n) is 25.2. The Morgan fingerprint density at radius 3 is 2.17 bits per heavy atom. The minimum atomic E-state index is -2.16. The van der Waals surface area contributed by atoms with Crippen molar-refractivity contribution in [2.24, 2.45) is 5.92 Å². The largest absolute Gasteiger partial charge is 0.504 e. The number of phenols is 1. The third-order valence-corrected chi connectivity index (χ3v) is 19.3. The number of hydrogen-bond acceptors (Lipinski definition) is 27. The minimum absolute atomic E-state index is 0.0137. The molecule has 0 saturated carbocycles. The predicted molar refractivity (Wildman–Crippen MR) is 354 cm³/mol. The number of ether oxygens (including phenoxy) is 1. The van der Waals surface area contributed by atoms with E-state index < -0.39 is 184 Å². The number of carbonyl (C=O) groups excluding carboxylic acids is 7. The van der Waals surface area contributed by atoms with Crippen LogP contribution in [0.15, 0.2) is 72.9 Å². The molecule has 0 radical (unpaired) electrons. The molecule has 99 heavy (non-hydrogen) atoms.